The Labute approximate surface area is 125 Å². The van der Waals surface area contributed by atoms with E-state index in [0.717, 1.165) is 37.0 Å². The number of aromatic nitrogens is 1. The summed E-state index contributed by atoms with van der Waals surface area (Å²) in [4.78, 5) is 0. The van der Waals surface area contributed by atoms with Crippen LogP contribution in [0.2, 0.25) is 0 Å². The molecular weight excluding hydrogens is 267 g/mol. The first-order chi connectivity index (χ1) is 10.3. The average Bonchev–Trinajstić information content (AvgIpc) is 2.89. The Bertz CT molecular complexity index is 602. The second-order valence-corrected chi connectivity index (χ2v) is 5.79. The Morgan fingerprint density at radius 1 is 1.43 bits per heavy atom. The average molecular weight is 290 g/mol. The van der Waals surface area contributed by atoms with Gasteiger partial charge in [0.2, 0.25) is 0 Å². The molecule has 21 heavy (non-hydrogen) atoms. The quantitative estimate of drug-likeness (QED) is 0.855. The molecule has 1 atom stereocenters. The van der Waals surface area contributed by atoms with Crippen molar-refractivity contribution < 1.29 is 9.13 Å². The van der Waals surface area contributed by atoms with Crippen LogP contribution < -0.4 is 5.32 Å². The molecule has 114 valence electrons. The first kappa shape index (κ1) is 14.5. The van der Waals surface area contributed by atoms with Gasteiger partial charge in [-0.05, 0) is 37.9 Å². The molecule has 1 N–H and O–H groups in total. The fraction of sp³-hybridized carbons (Fsp3) is 0.529. The smallest absolute Gasteiger partial charge is 0.147 e. The first-order valence-corrected chi connectivity index (χ1v) is 7.78. The number of ether oxygens (including phenoxy) is 1. The maximum absolute atomic E-state index is 14.3. The number of piperidine rings is 1. The van der Waals surface area contributed by atoms with Crippen LogP contribution in [-0.2, 0) is 11.3 Å². The molecule has 1 aromatic carbocycles. The van der Waals surface area contributed by atoms with Gasteiger partial charge in [0.15, 0.2) is 0 Å². The molecule has 1 aromatic heterocycles. The van der Waals surface area contributed by atoms with E-state index in [9.17, 15) is 4.39 Å². The highest BCUT2D eigenvalue weighted by atomic mass is 19.1. The van der Waals surface area contributed by atoms with Crippen LogP contribution in [0.5, 0.6) is 0 Å². The van der Waals surface area contributed by atoms with E-state index < -0.39 is 0 Å². The molecule has 0 bridgehead atoms. The molecule has 0 radical (unpaired) electrons. The molecule has 1 unspecified atom stereocenters. The maximum atomic E-state index is 14.3. The van der Waals surface area contributed by atoms with Crippen LogP contribution in [0.3, 0.4) is 0 Å². The van der Waals surface area contributed by atoms with Crippen molar-refractivity contribution >= 4 is 10.9 Å². The largest absolute Gasteiger partial charge is 0.385 e. The summed E-state index contributed by atoms with van der Waals surface area (Å²) in [5.74, 6) is 0.355. The fourth-order valence-corrected chi connectivity index (χ4v) is 3.35. The van der Waals surface area contributed by atoms with Crippen LogP contribution in [0.25, 0.3) is 10.9 Å². The predicted octanol–water partition coefficient (Wildman–Crippen LogP) is 3.28. The predicted molar refractivity (Wildman–Crippen MR) is 83.2 cm³/mol. The Kier molecular flexibility index (Phi) is 4.56. The van der Waals surface area contributed by atoms with Gasteiger partial charge in [0, 0.05) is 43.8 Å². The van der Waals surface area contributed by atoms with Gasteiger partial charge in [-0.3, -0.25) is 0 Å². The lowest BCUT2D eigenvalue weighted by molar-refractivity contribution is 0.190. The normalized spacial score (nSPS) is 19.2. The maximum Gasteiger partial charge on any atom is 0.147 e. The lowest BCUT2D eigenvalue weighted by atomic mass is 9.96. The molecule has 0 saturated carbocycles. The van der Waals surface area contributed by atoms with Gasteiger partial charge < -0.3 is 14.6 Å². The third kappa shape index (κ3) is 2.97. The lowest BCUT2D eigenvalue weighted by Crippen LogP contribution is -2.29. The van der Waals surface area contributed by atoms with E-state index >= 15 is 0 Å². The van der Waals surface area contributed by atoms with Gasteiger partial charge in [0.25, 0.3) is 0 Å². The molecule has 1 aliphatic heterocycles. The van der Waals surface area contributed by atoms with Crippen molar-refractivity contribution in [2.45, 2.75) is 31.7 Å². The summed E-state index contributed by atoms with van der Waals surface area (Å²) in [6, 6.07) is 7.52. The summed E-state index contributed by atoms with van der Waals surface area (Å²) in [6.07, 6.45) is 3.27. The van der Waals surface area contributed by atoms with Crippen molar-refractivity contribution in [3.63, 3.8) is 0 Å². The van der Waals surface area contributed by atoms with Gasteiger partial charge in [-0.2, -0.15) is 0 Å². The number of rotatable bonds is 5. The summed E-state index contributed by atoms with van der Waals surface area (Å²) in [7, 11) is 1.71. The highest BCUT2D eigenvalue weighted by Crippen LogP contribution is 2.31. The minimum Gasteiger partial charge on any atom is -0.385 e. The third-order valence-corrected chi connectivity index (χ3v) is 4.35. The van der Waals surface area contributed by atoms with Crippen LogP contribution in [0.15, 0.2) is 24.3 Å². The van der Waals surface area contributed by atoms with Crippen molar-refractivity contribution in [1.82, 2.24) is 9.88 Å². The monoisotopic (exact) mass is 290 g/mol. The van der Waals surface area contributed by atoms with E-state index in [1.165, 1.54) is 18.5 Å². The Hall–Kier alpha value is -1.39. The number of hydrogen-bond donors (Lipinski definition) is 1. The number of para-hydroxylation sites is 1. The van der Waals surface area contributed by atoms with E-state index in [-0.39, 0.29) is 5.82 Å². The molecular formula is C17H23FN2O. The molecule has 3 nitrogen and oxygen atoms in total. The fourth-order valence-electron chi connectivity index (χ4n) is 3.35. The number of hydrogen-bond acceptors (Lipinski definition) is 2. The van der Waals surface area contributed by atoms with Gasteiger partial charge in [0.1, 0.15) is 5.82 Å². The Morgan fingerprint density at radius 3 is 3.10 bits per heavy atom. The first-order valence-electron chi connectivity index (χ1n) is 7.78. The number of nitrogens with one attached hydrogen (secondary N) is 1. The summed E-state index contributed by atoms with van der Waals surface area (Å²) in [5, 5.41) is 4.46. The van der Waals surface area contributed by atoms with Crippen LogP contribution >= 0.6 is 0 Å². The van der Waals surface area contributed by atoms with Gasteiger partial charge in [0.05, 0.1) is 5.52 Å². The number of benzene rings is 1. The van der Waals surface area contributed by atoms with Crippen LogP contribution in [0.1, 0.15) is 30.9 Å². The summed E-state index contributed by atoms with van der Waals surface area (Å²) < 4.78 is 21.6. The van der Waals surface area contributed by atoms with Crippen LogP contribution in [-0.4, -0.2) is 31.4 Å². The van der Waals surface area contributed by atoms with Gasteiger partial charge >= 0.3 is 0 Å². The van der Waals surface area contributed by atoms with Crippen molar-refractivity contribution in [1.29, 1.82) is 0 Å². The molecule has 2 heterocycles. The zero-order valence-electron chi connectivity index (χ0n) is 12.6. The number of halogens is 1. The molecule has 1 fully saturated rings. The third-order valence-electron chi connectivity index (χ3n) is 4.35. The Balaban J connectivity index is 2.00. The molecule has 0 aliphatic carbocycles. The molecule has 3 rings (SSSR count). The van der Waals surface area contributed by atoms with E-state index in [0.29, 0.717) is 12.5 Å². The second-order valence-electron chi connectivity index (χ2n) is 5.79. The molecule has 0 spiro atoms. The minimum atomic E-state index is -0.125. The van der Waals surface area contributed by atoms with Crippen molar-refractivity contribution in [3.05, 3.63) is 35.8 Å². The SMILES string of the molecule is COCCCn1c(C2CCCNC2)cc2cccc(F)c21. The number of methoxy groups -OCH3 is 1. The highest BCUT2D eigenvalue weighted by Gasteiger charge is 2.21. The van der Waals surface area contributed by atoms with E-state index in [1.807, 2.05) is 6.07 Å². The van der Waals surface area contributed by atoms with Crippen molar-refractivity contribution in [3.8, 4) is 0 Å². The summed E-state index contributed by atoms with van der Waals surface area (Å²) in [6.45, 7) is 3.59. The standard InChI is InChI=1S/C17H23FN2O/c1-21-10-4-9-20-16(14-6-3-8-19-12-14)11-13-5-2-7-15(18)17(13)20/h2,5,7,11,14,19H,3-4,6,8-10,12H2,1H3. The Morgan fingerprint density at radius 2 is 2.33 bits per heavy atom. The summed E-state index contributed by atoms with van der Waals surface area (Å²) >= 11 is 0. The molecule has 0 amide bonds. The number of nitrogens with zero attached hydrogens (tertiary/aromatic N) is 1. The van der Waals surface area contributed by atoms with Gasteiger partial charge in [-0.1, -0.05) is 12.1 Å². The van der Waals surface area contributed by atoms with Crippen LogP contribution in [0, 0.1) is 5.82 Å². The second kappa shape index (κ2) is 6.58. The number of aryl methyl sites for hydroxylation is 1. The van der Waals surface area contributed by atoms with Crippen molar-refractivity contribution in [2.24, 2.45) is 0 Å². The van der Waals surface area contributed by atoms with E-state index in [1.54, 1.807) is 19.2 Å². The van der Waals surface area contributed by atoms with E-state index in [4.69, 9.17) is 4.74 Å². The molecule has 4 heteroatoms. The minimum absolute atomic E-state index is 0.125. The summed E-state index contributed by atoms with van der Waals surface area (Å²) in [5.41, 5.74) is 2.01. The van der Waals surface area contributed by atoms with Crippen LogP contribution in [0.4, 0.5) is 4.39 Å². The zero-order valence-corrected chi connectivity index (χ0v) is 12.6. The highest BCUT2D eigenvalue weighted by molar-refractivity contribution is 5.82. The van der Waals surface area contributed by atoms with E-state index in [2.05, 4.69) is 16.0 Å². The molecule has 1 aliphatic rings. The zero-order chi connectivity index (χ0) is 14.7. The lowest BCUT2D eigenvalue weighted by Gasteiger charge is -2.24. The topological polar surface area (TPSA) is 26.2 Å². The molecule has 2 aromatic rings. The molecule has 1 saturated heterocycles. The van der Waals surface area contributed by atoms with Gasteiger partial charge in [-0.15, -0.1) is 0 Å². The van der Waals surface area contributed by atoms with Crippen molar-refractivity contribution in [2.75, 3.05) is 26.8 Å². The van der Waals surface area contributed by atoms with Gasteiger partial charge in [-0.25, -0.2) is 4.39 Å². The number of fused-ring (bicyclic) bond motifs is 1.